The molecule has 12 nitrogen and oxygen atoms in total. The van der Waals surface area contributed by atoms with E-state index in [2.05, 4.69) is 15.7 Å². The van der Waals surface area contributed by atoms with Crippen molar-refractivity contribution in [1.29, 1.82) is 0 Å². The number of nitrogens with one attached hydrogen (secondary N) is 2. The highest BCUT2D eigenvalue weighted by Gasteiger charge is 2.46. The zero-order chi connectivity index (χ0) is 34.3. The zero-order valence-electron chi connectivity index (χ0n) is 26.7. The molecule has 3 aliphatic rings. The summed E-state index contributed by atoms with van der Waals surface area (Å²) in [4.78, 5) is 35.9. The molecule has 2 amide bonds. The van der Waals surface area contributed by atoms with Crippen molar-refractivity contribution in [1.82, 2.24) is 40.0 Å². The van der Waals surface area contributed by atoms with E-state index in [0.29, 0.717) is 49.7 Å². The third-order valence-electron chi connectivity index (χ3n) is 9.98. The van der Waals surface area contributed by atoms with Gasteiger partial charge in [0.05, 0.1) is 35.2 Å². The Hall–Kier alpha value is -3.73. The minimum absolute atomic E-state index is 0.130. The van der Waals surface area contributed by atoms with Gasteiger partial charge in [0.15, 0.2) is 0 Å². The summed E-state index contributed by atoms with van der Waals surface area (Å²) >= 11 is 0. The summed E-state index contributed by atoms with van der Waals surface area (Å²) in [5.74, 6) is -6.71. The van der Waals surface area contributed by atoms with Crippen molar-refractivity contribution in [3.05, 3.63) is 41.2 Å². The van der Waals surface area contributed by atoms with Crippen molar-refractivity contribution in [2.24, 2.45) is 17.8 Å². The van der Waals surface area contributed by atoms with Crippen molar-refractivity contribution in [2.75, 3.05) is 26.9 Å². The van der Waals surface area contributed by atoms with Gasteiger partial charge in [0.2, 0.25) is 11.8 Å². The van der Waals surface area contributed by atoms with Crippen LogP contribution in [-0.2, 0) is 32.8 Å². The molecule has 2 aliphatic heterocycles. The Bertz CT molecular complexity index is 1630. The van der Waals surface area contributed by atoms with Gasteiger partial charge >= 0.3 is 6.18 Å². The van der Waals surface area contributed by atoms with E-state index in [1.54, 1.807) is 12.3 Å². The van der Waals surface area contributed by atoms with Crippen molar-refractivity contribution >= 4 is 17.6 Å². The Morgan fingerprint density at radius 1 is 1.19 bits per heavy atom. The summed E-state index contributed by atoms with van der Waals surface area (Å²) in [5.41, 5.74) is 0.282. The lowest BCUT2D eigenvalue weighted by atomic mass is 9.81. The third-order valence-corrected chi connectivity index (χ3v) is 9.98. The Labute approximate surface area is 273 Å². The smallest absolute Gasteiger partial charge is 0.381 e. The van der Waals surface area contributed by atoms with E-state index in [1.165, 1.54) is 22.5 Å². The van der Waals surface area contributed by atoms with E-state index in [0.717, 1.165) is 0 Å². The number of methoxy groups -OCH3 is 1. The van der Waals surface area contributed by atoms with Gasteiger partial charge in [-0.1, -0.05) is 0 Å². The molecule has 17 heteroatoms. The number of nitrogens with zero attached hydrogens (tertiary/aromatic N) is 6. The molecule has 6 rings (SSSR count). The van der Waals surface area contributed by atoms with E-state index >= 15 is 0 Å². The van der Waals surface area contributed by atoms with E-state index < -0.39 is 60.4 Å². The number of aryl methyl sites for hydroxylation is 1. The molecule has 0 unspecified atom stereocenters. The van der Waals surface area contributed by atoms with Crippen molar-refractivity contribution in [3.63, 3.8) is 0 Å². The van der Waals surface area contributed by atoms with E-state index in [-0.39, 0.29) is 49.5 Å². The molecule has 5 heterocycles. The maximum atomic E-state index is 14.2. The van der Waals surface area contributed by atoms with E-state index in [4.69, 9.17) is 24.5 Å². The van der Waals surface area contributed by atoms with Crippen LogP contribution in [0.1, 0.15) is 85.5 Å². The molecule has 3 atom stereocenters. The molecule has 1 aliphatic carbocycles. The fourth-order valence-corrected chi connectivity index (χ4v) is 7.14. The highest BCUT2D eigenvalue weighted by Crippen LogP contribution is 2.42. The molecule has 2 saturated heterocycles. The van der Waals surface area contributed by atoms with Crippen LogP contribution in [0, 0.1) is 17.8 Å². The van der Waals surface area contributed by atoms with Crippen LogP contribution in [0.4, 0.5) is 22.0 Å². The van der Waals surface area contributed by atoms with Crippen LogP contribution >= 0.6 is 0 Å². The predicted octanol–water partition coefficient (Wildman–Crippen LogP) is 4.15. The SMILES string of the molecule is CCn1nccc1C(=O)N[C@H](c1cn2nc(C[C@H]3C[C@@H](C(F)(F)F)CNC3=O)c(C3(OC)CCOCC3)nc2n1)C1CCC(F)(F)CC1. The minimum atomic E-state index is -4.48. The highest BCUT2D eigenvalue weighted by atomic mass is 19.4. The molecule has 2 N–H and O–H groups in total. The molecule has 1 saturated carbocycles. The number of piperidine rings is 1. The largest absolute Gasteiger partial charge is 0.393 e. The monoisotopic (exact) mass is 682 g/mol. The molecule has 0 spiro atoms. The van der Waals surface area contributed by atoms with Gasteiger partial charge < -0.3 is 20.1 Å². The average Bonchev–Trinajstić information content (AvgIpc) is 3.71. The van der Waals surface area contributed by atoms with Crippen LogP contribution in [0.3, 0.4) is 0 Å². The topological polar surface area (TPSA) is 138 Å². The van der Waals surface area contributed by atoms with Gasteiger partial charge in [0, 0.05) is 77.6 Å². The second-order valence-electron chi connectivity index (χ2n) is 12.9. The van der Waals surface area contributed by atoms with Crippen LogP contribution in [0.2, 0.25) is 0 Å². The molecule has 3 aromatic heterocycles. The van der Waals surface area contributed by atoms with Crippen LogP contribution in [0.5, 0.6) is 0 Å². The first kappa shape index (κ1) is 34.1. The number of carbonyl (C=O) groups is 2. The minimum Gasteiger partial charge on any atom is -0.381 e. The molecule has 3 aromatic rings. The van der Waals surface area contributed by atoms with Gasteiger partial charge in [-0.25, -0.2) is 23.3 Å². The van der Waals surface area contributed by atoms with Gasteiger partial charge in [-0.05, 0) is 38.2 Å². The molecule has 0 radical (unpaired) electrons. The number of amides is 2. The van der Waals surface area contributed by atoms with E-state index in [1.807, 2.05) is 6.92 Å². The number of hydrogen-bond acceptors (Lipinski definition) is 8. The number of fused-ring (bicyclic) bond motifs is 1. The first-order valence-electron chi connectivity index (χ1n) is 16.3. The second-order valence-corrected chi connectivity index (χ2v) is 12.9. The lowest BCUT2D eigenvalue weighted by molar-refractivity contribution is -0.183. The fourth-order valence-electron chi connectivity index (χ4n) is 7.14. The summed E-state index contributed by atoms with van der Waals surface area (Å²) in [5, 5.41) is 14.3. The fraction of sp³-hybridized carbons (Fsp3) is 0.677. The molecular weight excluding hydrogens is 643 g/mol. The molecule has 262 valence electrons. The quantitative estimate of drug-likeness (QED) is 0.322. The van der Waals surface area contributed by atoms with E-state index in [9.17, 15) is 31.5 Å². The molecule has 0 aromatic carbocycles. The summed E-state index contributed by atoms with van der Waals surface area (Å²) in [6, 6.07) is 0.791. The zero-order valence-corrected chi connectivity index (χ0v) is 26.7. The lowest BCUT2D eigenvalue weighted by Gasteiger charge is -2.36. The predicted molar refractivity (Wildman–Crippen MR) is 159 cm³/mol. The van der Waals surface area contributed by atoms with Crippen molar-refractivity contribution < 1.29 is 41.0 Å². The first-order valence-corrected chi connectivity index (χ1v) is 16.3. The number of alkyl halides is 5. The maximum absolute atomic E-state index is 14.2. The standard InChI is InChI=1S/C31H39F5N8O4/c1-3-43-23(6-11-38-43)27(46)40-24(18-4-7-30(32,33)8-5-18)22-17-44-28(39-22)41-25(29(47-2)9-12-48-13-10-29)21(42-44)15-19-14-20(31(34,35)36)16-37-26(19)45/h6,11,17-20,24H,3-5,7-10,12-16H2,1-2H3,(H,37,45)(H,40,46)/t19-,20-,24+/m1/s1. The van der Waals surface area contributed by atoms with Gasteiger partial charge in [-0.3, -0.25) is 14.3 Å². The van der Waals surface area contributed by atoms with Crippen LogP contribution in [-0.4, -0.2) is 80.1 Å². The third kappa shape index (κ3) is 6.88. The Morgan fingerprint density at radius 2 is 1.92 bits per heavy atom. The van der Waals surface area contributed by atoms with Crippen LogP contribution in [0.25, 0.3) is 5.78 Å². The number of ether oxygens (including phenoxy) is 2. The number of hydrogen-bond donors (Lipinski definition) is 2. The normalized spacial score (nSPS) is 23.9. The van der Waals surface area contributed by atoms with Gasteiger partial charge in [-0.2, -0.15) is 23.4 Å². The number of rotatable bonds is 9. The van der Waals surface area contributed by atoms with Crippen molar-refractivity contribution in [3.8, 4) is 0 Å². The number of carbonyl (C=O) groups excluding carboxylic acids is 2. The van der Waals surface area contributed by atoms with Crippen LogP contribution < -0.4 is 10.6 Å². The highest BCUT2D eigenvalue weighted by molar-refractivity contribution is 5.92. The lowest BCUT2D eigenvalue weighted by Crippen LogP contribution is -2.47. The first-order chi connectivity index (χ1) is 22.8. The summed E-state index contributed by atoms with van der Waals surface area (Å²) in [7, 11) is 1.51. The maximum Gasteiger partial charge on any atom is 0.393 e. The van der Waals surface area contributed by atoms with Gasteiger partial charge in [0.1, 0.15) is 11.3 Å². The molecular formula is C31H39F5N8O4. The summed E-state index contributed by atoms with van der Waals surface area (Å²) in [6.45, 7) is 2.48. The second kappa shape index (κ2) is 13.3. The molecule has 3 fully saturated rings. The Balaban J connectivity index is 1.40. The Kier molecular flexibility index (Phi) is 9.45. The average molecular weight is 683 g/mol. The van der Waals surface area contributed by atoms with Crippen molar-refractivity contribution in [2.45, 2.75) is 88.6 Å². The van der Waals surface area contributed by atoms with Gasteiger partial charge in [-0.15, -0.1) is 0 Å². The van der Waals surface area contributed by atoms with Crippen LogP contribution in [0.15, 0.2) is 18.5 Å². The summed E-state index contributed by atoms with van der Waals surface area (Å²) in [6.07, 6.45) is -1.58. The van der Waals surface area contributed by atoms with Gasteiger partial charge in [0.25, 0.3) is 11.7 Å². The number of aromatic nitrogens is 6. The molecule has 48 heavy (non-hydrogen) atoms. The summed E-state index contributed by atoms with van der Waals surface area (Å²) < 4.78 is 83.8. The molecule has 0 bridgehead atoms. The number of halogens is 5. The number of imidazole rings is 1. The Morgan fingerprint density at radius 3 is 2.58 bits per heavy atom.